The summed E-state index contributed by atoms with van der Waals surface area (Å²) in [5, 5.41) is 11.7. The van der Waals surface area contributed by atoms with E-state index < -0.39 is 5.97 Å². The van der Waals surface area contributed by atoms with Gasteiger partial charge in [0.1, 0.15) is 0 Å². The average molecular weight is 357 g/mol. The van der Waals surface area contributed by atoms with Crippen LogP contribution in [0.1, 0.15) is 36.0 Å². The van der Waals surface area contributed by atoms with Crippen LogP contribution < -0.4 is 14.9 Å². The van der Waals surface area contributed by atoms with E-state index >= 15 is 0 Å². The number of imide groups is 1. The number of benzene rings is 1. The van der Waals surface area contributed by atoms with Crippen LogP contribution in [0.25, 0.3) is 0 Å². The average Bonchev–Trinajstić information content (AvgIpc) is 2.93. The van der Waals surface area contributed by atoms with E-state index in [2.05, 4.69) is 0 Å². The van der Waals surface area contributed by atoms with Gasteiger partial charge in [-0.3, -0.25) is 14.5 Å². The molecule has 0 radical (unpaired) electrons. The van der Waals surface area contributed by atoms with Crippen LogP contribution in [0.15, 0.2) is 18.2 Å². The highest BCUT2D eigenvalue weighted by atomic mass is 16.5. The Morgan fingerprint density at radius 3 is 2.23 bits per heavy atom. The van der Waals surface area contributed by atoms with Crippen LogP contribution in [0.4, 0.5) is 11.4 Å². The number of hydrogen-bond donors (Lipinski definition) is 0. The zero-order chi connectivity index (χ0) is 18.3. The predicted octanol–water partition coefficient (Wildman–Crippen LogP) is 0.566. The first kappa shape index (κ1) is 17.0. The first-order valence-electron chi connectivity index (χ1n) is 9.14. The lowest BCUT2D eigenvalue weighted by Crippen LogP contribution is -2.38. The van der Waals surface area contributed by atoms with Gasteiger partial charge in [0.15, 0.2) is 0 Å². The van der Waals surface area contributed by atoms with E-state index in [9.17, 15) is 19.5 Å². The molecule has 0 unspecified atom stereocenters. The van der Waals surface area contributed by atoms with Gasteiger partial charge in [0.25, 0.3) is 0 Å². The monoisotopic (exact) mass is 357 g/mol. The van der Waals surface area contributed by atoms with Crippen molar-refractivity contribution in [3.8, 4) is 0 Å². The summed E-state index contributed by atoms with van der Waals surface area (Å²) in [7, 11) is 0. The number of morpholine rings is 1. The first-order chi connectivity index (χ1) is 12.6. The number of fused-ring (bicyclic) bond motifs is 1. The molecule has 7 nitrogen and oxygen atoms in total. The van der Waals surface area contributed by atoms with Crippen molar-refractivity contribution >= 4 is 29.2 Å². The molecule has 2 saturated heterocycles. The summed E-state index contributed by atoms with van der Waals surface area (Å²) in [6, 6.07) is 4.71. The smallest absolute Gasteiger partial charge is 0.237 e. The summed E-state index contributed by atoms with van der Waals surface area (Å²) in [5.74, 6) is -2.25. The number of amides is 2. The van der Waals surface area contributed by atoms with Crippen molar-refractivity contribution in [1.29, 1.82) is 0 Å². The van der Waals surface area contributed by atoms with Gasteiger partial charge in [0.2, 0.25) is 11.8 Å². The Balaban J connectivity index is 1.69. The van der Waals surface area contributed by atoms with Crippen molar-refractivity contribution in [2.45, 2.75) is 25.7 Å². The molecule has 138 valence electrons. The Bertz CT molecular complexity index is 732. The molecule has 2 heterocycles. The topological polar surface area (TPSA) is 90.0 Å². The highest BCUT2D eigenvalue weighted by Crippen LogP contribution is 2.40. The second-order valence-electron chi connectivity index (χ2n) is 7.10. The van der Waals surface area contributed by atoms with Gasteiger partial charge in [0.05, 0.1) is 36.7 Å². The molecule has 1 aliphatic carbocycles. The van der Waals surface area contributed by atoms with Crippen molar-refractivity contribution in [3.63, 3.8) is 0 Å². The number of rotatable bonds is 3. The van der Waals surface area contributed by atoms with Gasteiger partial charge in [-0.2, -0.15) is 0 Å². The number of ether oxygens (including phenoxy) is 1. The Morgan fingerprint density at radius 1 is 1.04 bits per heavy atom. The molecule has 2 aliphatic heterocycles. The second kappa shape index (κ2) is 6.72. The van der Waals surface area contributed by atoms with E-state index in [1.807, 2.05) is 4.90 Å². The number of carboxylic acids is 1. The number of carboxylic acid groups (broad SMARTS) is 1. The minimum absolute atomic E-state index is 0.000119. The van der Waals surface area contributed by atoms with Crippen LogP contribution in [0.2, 0.25) is 0 Å². The molecule has 3 fully saturated rings. The standard InChI is InChI=1S/C19H22N2O5/c22-17-13-3-1-2-4-14(13)18(23)21(17)12-5-6-16(15(11-12)19(24)25)20-7-9-26-10-8-20/h5-6,11,13-14H,1-4,7-10H2,(H,24,25)/p-1/t13-,14-/m0/s1. The van der Waals surface area contributed by atoms with Gasteiger partial charge in [-0.05, 0) is 31.0 Å². The van der Waals surface area contributed by atoms with E-state index in [4.69, 9.17) is 4.74 Å². The van der Waals surface area contributed by atoms with Crippen molar-refractivity contribution in [1.82, 2.24) is 0 Å². The van der Waals surface area contributed by atoms with Gasteiger partial charge in [-0.1, -0.05) is 12.8 Å². The van der Waals surface area contributed by atoms with Gasteiger partial charge >= 0.3 is 0 Å². The summed E-state index contributed by atoms with van der Waals surface area (Å²) in [4.78, 5) is 40.3. The maximum atomic E-state index is 12.7. The summed E-state index contributed by atoms with van der Waals surface area (Å²) in [5.41, 5.74) is 0.860. The van der Waals surface area contributed by atoms with Crippen LogP contribution in [-0.2, 0) is 14.3 Å². The number of carbonyl (C=O) groups is 3. The highest BCUT2D eigenvalue weighted by Gasteiger charge is 2.48. The summed E-state index contributed by atoms with van der Waals surface area (Å²) in [6.45, 7) is 2.23. The number of nitrogens with zero attached hydrogens (tertiary/aromatic N) is 2. The molecule has 7 heteroatoms. The van der Waals surface area contributed by atoms with Crippen LogP contribution in [0, 0.1) is 11.8 Å². The van der Waals surface area contributed by atoms with E-state index in [-0.39, 0.29) is 29.2 Å². The summed E-state index contributed by atoms with van der Waals surface area (Å²) < 4.78 is 5.31. The molecular formula is C19H21N2O5-. The lowest BCUT2D eigenvalue weighted by atomic mass is 9.81. The molecule has 3 aliphatic rings. The maximum Gasteiger partial charge on any atom is 0.237 e. The second-order valence-corrected chi connectivity index (χ2v) is 7.10. The number of hydrogen-bond acceptors (Lipinski definition) is 6. The normalized spacial score (nSPS) is 26.2. The van der Waals surface area contributed by atoms with Gasteiger partial charge in [-0.15, -0.1) is 0 Å². The lowest BCUT2D eigenvalue weighted by molar-refractivity contribution is -0.255. The van der Waals surface area contributed by atoms with Crippen LogP contribution in [-0.4, -0.2) is 44.1 Å². The molecule has 1 aromatic rings. The molecule has 0 bridgehead atoms. The fourth-order valence-corrected chi connectivity index (χ4v) is 4.32. The van der Waals surface area contributed by atoms with E-state index in [0.717, 1.165) is 25.7 Å². The lowest BCUT2D eigenvalue weighted by Gasteiger charge is -2.31. The van der Waals surface area contributed by atoms with Gasteiger partial charge in [-0.25, -0.2) is 0 Å². The van der Waals surface area contributed by atoms with E-state index in [1.54, 1.807) is 12.1 Å². The number of anilines is 2. The molecule has 4 rings (SSSR count). The Kier molecular flexibility index (Phi) is 4.40. The fourth-order valence-electron chi connectivity index (χ4n) is 4.32. The van der Waals surface area contributed by atoms with Crippen LogP contribution in [0.5, 0.6) is 0 Å². The fraction of sp³-hybridized carbons (Fsp3) is 0.526. The number of carbonyl (C=O) groups excluding carboxylic acids is 3. The van der Waals surface area contributed by atoms with E-state index in [1.165, 1.54) is 11.0 Å². The van der Waals surface area contributed by atoms with Crippen LogP contribution in [0.3, 0.4) is 0 Å². The van der Waals surface area contributed by atoms with Crippen molar-refractivity contribution in [2.24, 2.45) is 11.8 Å². The summed E-state index contributed by atoms with van der Waals surface area (Å²) >= 11 is 0. The molecular weight excluding hydrogens is 336 g/mol. The van der Waals surface area contributed by atoms with Crippen molar-refractivity contribution in [2.75, 3.05) is 36.1 Å². The van der Waals surface area contributed by atoms with Crippen molar-refractivity contribution < 1.29 is 24.2 Å². The SMILES string of the molecule is O=C([O-])c1cc(N2C(=O)[C@H]3CCCC[C@@H]3C2=O)ccc1N1CCOCC1. The minimum Gasteiger partial charge on any atom is -0.545 e. The summed E-state index contributed by atoms with van der Waals surface area (Å²) in [6.07, 6.45) is 3.36. The third-order valence-electron chi connectivity index (χ3n) is 5.65. The minimum atomic E-state index is -1.31. The Morgan fingerprint density at radius 2 is 1.65 bits per heavy atom. The molecule has 2 amide bonds. The highest BCUT2D eigenvalue weighted by molar-refractivity contribution is 6.22. The third-order valence-corrected chi connectivity index (χ3v) is 5.65. The van der Waals surface area contributed by atoms with Crippen molar-refractivity contribution in [3.05, 3.63) is 23.8 Å². The third kappa shape index (κ3) is 2.76. The Labute approximate surface area is 151 Å². The molecule has 2 atom stereocenters. The maximum absolute atomic E-state index is 12.7. The largest absolute Gasteiger partial charge is 0.545 e. The van der Waals surface area contributed by atoms with Crippen LogP contribution >= 0.6 is 0 Å². The molecule has 1 aromatic carbocycles. The molecule has 1 saturated carbocycles. The zero-order valence-corrected chi connectivity index (χ0v) is 14.5. The quantitative estimate of drug-likeness (QED) is 0.735. The number of aromatic carboxylic acids is 1. The molecule has 0 N–H and O–H groups in total. The van der Waals surface area contributed by atoms with E-state index in [0.29, 0.717) is 37.7 Å². The first-order valence-corrected chi connectivity index (χ1v) is 9.14. The Hall–Kier alpha value is -2.41. The molecule has 0 spiro atoms. The molecule has 26 heavy (non-hydrogen) atoms. The van der Waals surface area contributed by atoms with Gasteiger partial charge in [0, 0.05) is 24.3 Å². The van der Waals surface area contributed by atoms with Gasteiger partial charge < -0.3 is 19.5 Å². The molecule has 0 aromatic heterocycles. The zero-order valence-electron chi connectivity index (χ0n) is 14.5. The predicted molar refractivity (Wildman–Crippen MR) is 91.7 cm³/mol.